The monoisotopic (exact) mass is 347 g/mol. The molecule has 1 aliphatic rings. The van der Waals surface area contributed by atoms with Crippen LogP contribution < -0.4 is 10.1 Å². The molecule has 1 saturated carbocycles. The Hall–Kier alpha value is -0.680. The summed E-state index contributed by atoms with van der Waals surface area (Å²) in [5, 5.41) is 3.38. The van der Waals surface area contributed by atoms with Crippen LogP contribution in [0.1, 0.15) is 32.3 Å². The maximum Gasteiger partial charge on any atom is 0.387 e. The van der Waals surface area contributed by atoms with E-state index in [2.05, 4.69) is 39.8 Å². The van der Waals surface area contributed by atoms with Crippen LogP contribution in [0.2, 0.25) is 0 Å². The Kier molecular flexibility index (Phi) is 5.02. The maximum atomic E-state index is 12.4. The number of ether oxygens (including phenoxy) is 1. The fraction of sp³-hybridized carbons (Fsp3) is 0.600. The number of hydrogen-bond donors (Lipinski definition) is 1. The largest absolute Gasteiger partial charge is 0.434 e. The summed E-state index contributed by atoms with van der Waals surface area (Å²) in [4.78, 5) is 0. The molecule has 0 unspecified atom stereocenters. The van der Waals surface area contributed by atoms with E-state index in [0.29, 0.717) is 17.9 Å². The Labute approximate surface area is 127 Å². The number of halogens is 3. The summed E-state index contributed by atoms with van der Waals surface area (Å²) < 4.78 is 30.2. The molecule has 1 aromatic rings. The van der Waals surface area contributed by atoms with E-state index < -0.39 is 6.61 Å². The second kappa shape index (κ2) is 6.39. The van der Waals surface area contributed by atoms with Gasteiger partial charge in [0.05, 0.1) is 0 Å². The first-order valence-electron chi connectivity index (χ1n) is 6.87. The van der Waals surface area contributed by atoms with Crippen LogP contribution in [0.4, 0.5) is 8.78 Å². The number of alkyl halides is 2. The SMILES string of the molecule is CC(C)C1(CNCc2cc(Br)ccc2OC(F)F)CC1. The molecule has 0 spiro atoms. The number of rotatable bonds is 7. The molecule has 0 aromatic heterocycles. The highest BCUT2D eigenvalue weighted by Gasteiger charge is 2.44. The Bertz CT molecular complexity index is 461. The van der Waals surface area contributed by atoms with Gasteiger partial charge >= 0.3 is 6.61 Å². The molecule has 0 heterocycles. The van der Waals surface area contributed by atoms with Gasteiger partial charge in [-0.05, 0) is 42.4 Å². The minimum Gasteiger partial charge on any atom is -0.434 e. The molecule has 0 atom stereocenters. The zero-order valence-electron chi connectivity index (χ0n) is 11.8. The van der Waals surface area contributed by atoms with Gasteiger partial charge in [0.15, 0.2) is 0 Å². The summed E-state index contributed by atoms with van der Waals surface area (Å²) in [5.74, 6) is 0.888. The number of hydrogen-bond acceptors (Lipinski definition) is 2. The van der Waals surface area contributed by atoms with Crippen LogP contribution in [0, 0.1) is 11.3 Å². The molecule has 1 aromatic carbocycles. The second-order valence-electron chi connectivity index (χ2n) is 5.75. The molecule has 1 N–H and O–H groups in total. The summed E-state index contributed by atoms with van der Waals surface area (Å²) in [6, 6.07) is 5.10. The molecule has 112 valence electrons. The fourth-order valence-corrected chi connectivity index (χ4v) is 2.87. The molecule has 2 nitrogen and oxygen atoms in total. The Morgan fingerprint density at radius 3 is 2.60 bits per heavy atom. The van der Waals surface area contributed by atoms with E-state index in [1.165, 1.54) is 12.8 Å². The van der Waals surface area contributed by atoms with E-state index in [1.54, 1.807) is 12.1 Å². The molecule has 0 saturated heterocycles. The van der Waals surface area contributed by atoms with E-state index in [9.17, 15) is 8.78 Å². The zero-order chi connectivity index (χ0) is 14.8. The minimum absolute atomic E-state index is 0.241. The zero-order valence-corrected chi connectivity index (χ0v) is 13.3. The predicted octanol–water partition coefficient (Wildman–Crippen LogP) is 4.58. The van der Waals surface area contributed by atoms with Crippen molar-refractivity contribution >= 4 is 15.9 Å². The van der Waals surface area contributed by atoms with Crippen LogP contribution >= 0.6 is 15.9 Å². The van der Waals surface area contributed by atoms with Crippen LogP contribution in [0.5, 0.6) is 5.75 Å². The van der Waals surface area contributed by atoms with Crippen LogP contribution in [0.25, 0.3) is 0 Å². The smallest absolute Gasteiger partial charge is 0.387 e. The molecule has 1 fully saturated rings. The summed E-state index contributed by atoms with van der Waals surface area (Å²) in [6.07, 6.45) is 2.49. The van der Waals surface area contributed by atoms with Gasteiger partial charge in [0.1, 0.15) is 5.75 Å². The predicted molar refractivity (Wildman–Crippen MR) is 79.0 cm³/mol. The number of nitrogens with one attached hydrogen (secondary N) is 1. The maximum absolute atomic E-state index is 12.4. The van der Waals surface area contributed by atoms with Crippen LogP contribution in [-0.4, -0.2) is 13.2 Å². The molecule has 0 amide bonds. The lowest BCUT2D eigenvalue weighted by Gasteiger charge is -2.20. The highest BCUT2D eigenvalue weighted by Crippen LogP contribution is 2.51. The van der Waals surface area contributed by atoms with E-state index in [-0.39, 0.29) is 5.75 Å². The quantitative estimate of drug-likeness (QED) is 0.779. The van der Waals surface area contributed by atoms with Crippen LogP contribution in [0.3, 0.4) is 0 Å². The fourth-order valence-electron chi connectivity index (χ4n) is 2.46. The van der Waals surface area contributed by atoms with Crippen molar-refractivity contribution in [3.05, 3.63) is 28.2 Å². The van der Waals surface area contributed by atoms with Crippen molar-refractivity contribution in [2.75, 3.05) is 6.54 Å². The molecule has 2 rings (SSSR count). The highest BCUT2D eigenvalue weighted by molar-refractivity contribution is 9.10. The van der Waals surface area contributed by atoms with Crippen molar-refractivity contribution in [1.82, 2.24) is 5.32 Å². The number of benzene rings is 1. The Morgan fingerprint density at radius 1 is 1.35 bits per heavy atom. The lowest BCUT2D eigenvalue weighted by molar-refractivity contribution is -0.0505. The van der Waals surface area contributed by atoms with Crippen molar-refractivity contribution in [2.45, 2.75) is 39.8 Å². The van der Waals surface area contributed by atoms with Crippen molar-refractivity contribution in [1.29, 1.82) is 0 Å². The van der Waals surface area contributed by atoms with Gasteiger partial charge in [0.2, 0.25) is 0 Å². The Balaban J connectivity index is 1.96. The average molecular weight is 348 g/mol. The topological polar surface area (TPSA) is 21.3 Å². The highest BCUT2D eigenvalue weighted by atomic mass is 79.9. The normalized spacial score (nSPS) is 16.8. The lowest BCUT2D eigenvalue weighted by atomic mass is 9.92. The average Bonchev–Trinajstić information content (AvgIpc) is 3.13. The standard InChI is InChI=1S/C15H20BrF2NO/c1-10(2)15(5-6-15)9-19-8-11-7-12(16)3-4-13(11)20-14(17)18/h3-4,7,10,14,19H,5-6,8-9H2,1-2H3. The van der Waals surface area contributed by atoms with Crippen molar-refractivity contribution < 1.29 is 13.5 Å². The van der Waals surface area contributed by atoms with E-state index in [4.69, 9.17) is 0 Å². The first kappa shape index (κ1) is 15.7. The van der Waals surface area contributed by atoms with Crippen LogP contribution in [0.15, 0.2) is 22.7 Å². The molecular formula is C15H20BrF2NO. The Morgan fingerprint density at radius 2 is 2.05 bits per heavy atom. The van der Waals surface area contributed by atoms with Crippen molar-refractivity contribution in [2.24, 2.45) is 11.3 Å². The molecule has 20 heavy (non-hydrogen) atoms. The van der Waals surface area contributed by atoms with Crippen molar-refractivity contribution in [3.63, 3.8) is 0 Å². The van der Waals surface area contributed by atoms with Gasteiger partial charge < -0.3 is 10.1 Å². The molecular weight excluding hydrogens is 328 g/mol. The van der Waals surface area contributed by atoms with Gasteiger partial charge in [0.25, 0.3) is 0 Å². The third kappa shape index (κ3) is 3.92. The second-order valence-corrected chi connectivity index (χ2v) is 6.67. The third-order valence-electron chi connectivity index (χ3n) is 4.15. The summed E-state index contributed by atoms with van der Waals surface area (Å²) in [7, 11) is 0. The first-order valence-corrected chi connectivity index (χ1v) is 7.66. The van der Waals surface area contributed by atoms with E-state index >= 15 is 0 Å². The van der Waals surface area contributed by atoms with Gasteiger partial charge in [-0.15, -0.1) is 0 Å². The molecule has 5 heteroatoms. The molecule has 0 aliphatic heterocycles. The lowest BCUT2D eigenvalue weighted by Crippen LogP contribution is -2.27. The van der Waals surface area contributed by atoms with Crippen molar-refractivity contribution in [3.8, 4) is 5.75 Å². The van der Waals surface area contributed by atoms with Gasteiger partial charge in [-0.3, -0.25) is 0 Å². The minimum atomic E-state index is -2.79. The van der Waals surface area contributed by atoms with Gasteiger partial charge in [-0.25, -0.2) is 0 Å². The van der Waals surface area contributed by atoms with E-state index in [1.807, 2.05) is 6.07 Å². The summed E-state index contributed by atoms with van der Waals surface area (Å²) in [6.45, 7) is 3.14. The van der Waals surface area contributed by atoms with Gasteiger partial charge in [0, 0.05) is 23.1 Å². The van der Waals surface area contributed by atoms with Gasteiger partial charge in [-0.2, -0.15) is 8.78 Å². The summed E-state index contributed by atoms with van der Waals surface area (Å²) >= 11 is 3.36. The van der Waals surface area contributed by atoms with Crippen LogP contribution in [-0.2, 0) is 6.54 Å². The van der Waals surface area contributed by atoms with Gasteiger partial charge in [-0.1, -0.05) is 29.8 Å². The third-order valence-corrected chi connectivity index (χ3v) is 4.64. The molecule has 1 aliphatic carbocycles. The molecule has 0 bridgehead atoms. The first-order chi connectivity index (χ1) is 9.43. The molecule has 0 radical (unpaired) electrons. The summed E-state index contributed by atoms with van der Waals surface area (Å²) in [5.41, 5.74) is 1.15. The van der Waals surface area contributed by atoms with E-state index in [0.717, 1.165) is 16.6 Å².